The van der Waals surface area contributed by atoms with Crippen LogP contribution in [0.2, 0.25) is 0 Å². The van der Waals surface area contributed by atoms with Crippen LogP contribution in [-0.2, 0) is 33.2 Å². The van der Waals surface area contributed by atoms with Crippen molar-refractivity contribution in [2.75, 3.05) is 26.4 Å². The summed E-state index contributed by atoms with van der Waals surface area (Å²) < 4.78 is 34.4. The van der Waals surface area contributed by atoms with E-state index in [-0.39, 0.29) is 18.9 Å². The van der Waals surface area contributed by atoms with E-state index < -0.39 is 124 Å². The minimum absolute atomic E-state index is 0.225. The zero-order valence-electron chi connectivity index (χ0n) is 60.4. The molecule has 0 aromatic carbocycles. The summed E-state index contributed by atoms with van der Waals surface area (Å²) in [5, 5.41) is 121. The molecule has 0 aromatic rings. The zero-order valence-corrected chi connectivity index (χ0v) is 60.4. The number of carbonyl (C=O) groups excluding carboxylic acids is 1. The van der Waals surface area contributed by atoms with Gasteiger partial charge in [0.2, 0.25) is 5.91 Å². The van der Waals surface area contributed by atoms with Crippen molar-refractivity contribution in [3.63, 3.8) is 0 Å². The number of allylic oxidation sites excluding steroid dienone is 19. The first-order valence-corrected chi connectivity index (χ1v) is 38.3. The fraction of sp³-hybridized carbons (Fsp3) is 0.738. The summed E-state index contributed by atoms with van der Waals surface area (Å²) in [5.74, 6) is -0.293. The van der Waals surface area contributed by atoms with E-state index in [9.17, 15) is 61.0 Å². The highest BCUT2D eigenvalue weighted by Gasteiger charge is 2.53. The lowest BCUT2D eigenvalue weighted by Crippen LogP contribution is -2.66. The number of carbonyl (C=O) groups is 1. The van der Waals surface area contributed by atoms with Crippen molar-refractivity contribution in [2.24, 2.45) is 0 Å². The van der Waals surface area contributed by atoms with Gasteiger partial charge in [-0.25, -0.2) is 0 Å². The van der Waals surface area contributed by atoms with E-state index in [0.717, 1.165) is 103 Å². The monoisotopic (exact) mass is 1400 g/mol. The number of amides is 1. The summed E-state index contributed by atoms with van der Waals surface area (Å²) >= 11 is 0. The summed E-state index contributed by atoms with van der Waals surface area (Å²) in [4.78, 5) is 13.4. The molecule has 0 aliphatic carbocycles. The Morgan fingerprint density at radius 1 is 0.374 bits per heavy atom. The third-order valence-corrected chi connectivity index (χ3v) is 18.2. The molecular formula is C80H135NO18. The number of rotatable bonds is 58. The standard InChI is InChI=1S/C80H135NO18/c1-3-5-7-9-11-13-15-17-19-21-22-23-24-25-26-27-28-29-30-31-32-33-34-35-36-37-38-39-40-42-44-46-48-50-52-54-56-58-68(86)81-63(64(85)57-55-53-51-49-47-45-43-41-20-18-16-14-12-10-8-6-4-2)62-94-78-74(92)71(89)76(66(60-83)96-78)99-80-75(93)72(90)77(67(61-84)97-80)98-79-73(91)70(88)69(87)65(59-82)95-79/h5,7,11,13,17,19-20,22-23,25-26,28-29,31-32,41,47,49,55,57,63-67,69-80,82-85,87-93H,3-4,6,8-10,12,14-16,18,21,24,27,30,33-40,42-46,48,50-54,56,58-62H2,1-2H3,(H,81,86)/b7-5-,13-11-,19-17-,23-22-,26-25-,29-28-,32-31-,41-20+,49-47+,57-55+. The van der Waals surface area contributed by atoms with Gasteiger partial charge in [0.1, 0.15) is 73.2 Å². The van der Waals surface area contributed by atoms with E-state index in [1.807, 2.05) is 6.08 Å². The lowest BCUT2D eigenvalue weighted by molar-refractivity contribution is -0.379. The van der Waals surface area contributed by atoms with Gasteiger partial charge in [-0.05, 0) is 103 Å². The second kappa shape index (κ2) is 59.6. The van der Waals surface area contributed by atoms with Gasteiger partial charge in [0.25, 0.3) is 0 Å². The molecule has 17 atom stereocenters. The third-order valence-electron chi connectivity index (χ3n) is 18.2. The average Bonchev–Trinajstić information content (AvgIpc) is 0.786. The van der Waals surface area contributed by atoms with Crippen molar-refractivity contribution >= 4 is 5.91 Å². The van der Waals surface area contributed by atoms with Gasteiger partial charge >= 0.3 is 0 Å². The molecule has 0 spiro atoms. The first-order chi connectivity index (χ1) is 48.3. The van der Waals surface area contributed by atoms with Crippen LogP contribution in [0.25, 0.3) is 0 Å². The number of aliphatic hydroxyl groups excluding tert-OH is 11. The Morgan fingerprint density at radius 3 is 1.13 bits per heavy atom. The predicted octanol–water partition coefficient (Wildman–Crippen LogP) is 11.9. The fourth-order valence-corrected chi connectivity index (χ4v) is 12.1. The highest BCUT2D eigenvalue weighted by atomic mass is 16.8. The molecule has 19 heteroatoms. The summed E-state index contributed by atoms with van der Waals surface area (Å²) in [6.45, 7) is 1.58. The van der Waals surface area contributed by atoms with Gasteiger partial charge < -0.3 is 89.9 Å². The Labute approximate surface area is 595 Å². The van der Waals surface area contributed by atoms with Gasteiger partial charge in [0.15, 0.2) is 18.9 Å². The third kappa shape index (κ3) is 40.2. The molecule has 1 amide bonds. The van der Waals surface area contributed by atoms with Crippen LogP contribution in [0.3, 0.4) is 0 Å². The molecule has 0 radical (unpaired) electrons. The normalized spacial score (nSPS) is 27.3. The number of ether oxygens (including phenoxy) is 6. The number of hydrogen-bond donors (Lipinski definition) is 12. The molecule has 17 unspecified atom stereocenters. The minimum Gasteiger partial charge on any atom is -0.394 e. The van der Waals surface area contributed by atoms with Crippen LogP contribution < -0.4 is 5.32 Å². The molecule has 3 rings (SSSR count). The van der Waals surface area contributed by atoms with Crippen LogP contribution in [0, 0.1) is 0 Å². The molecular weight excluding hydrogens is 1260 g/mol. The van der Waals surface area contributed by atoms with Crippen LogP contribution in [0.1, 0.15) is 245 Å². The molecule has 3 heterocycles. The molecule has 568 valence electrons. The first kappa shape index (κ1) is 89.4. The van der Waals surface area contributed by atoms with Crippen LogP contribution in [0.15, 0.2) is 122 Å². The number of aliphatic hydroxyl groups is 11. The van der Waals surface area contributed by atoms with E-state index in [2.05, 4.69) is 129 Å². The molecule has 3 saturated heterocycles. The molecule has 19 nitrogen and oxygen atoms in total. The molecule has 3 aliphatic heterocycles. The maximum Gasteiger partial charge on any atom is 0.220 e. The lowest BCUT2D eigenvalue weighted by Gasteiger charge is -2.48. The van der Waals surface area contributed by atoms with E-state index in [4.69, 9.17) is 28.4 Å². The minimum atomic E-state index is -1.99. The van der Waals surface area contributed by atoms with Gasteiger partial charge in [0.05, 0.1) is 38.6 Å². The maximum atomic E-state index is 13.4. The van der Waals surface area contributed by atoms with Gasteiger partial charge in [-0.3, -0.25) is 4.79 Å². The van der Waals surface area contributed by atoms with E-state index in [1.54, 1.807) is 6.08 Å². The smallest absolute Gasteiger partial charge is 0.220 e. The van der Waals surface area contributed by atoms with Crippen LogP contribution in [-0.4, -0.2) is 193 Å². The number of hydrogen-bond acceptors (Lipinski definition) is 18. The second-order valence-electron chi connectivity index (χ2n) is 26.7. The molecule has 12 N–H and O–H groups in total. The van der Waals surface area contributed by atoms with Crippen LogP contribution in [0.4, 0.5) is 0 Å². The maximum absolute atomic E-state index is 13.4. The Hall–Kier alpha value is -3.81. The van der Waals surface area contributed by atoms with Gasteiger partial charge in [-0.2, -0.15) is 0 Å². The highest BCUT2D eigenvalue weighted by Crippen LogP contribution is 2.33. The SMILES string of the molecule is CC/C=C\C/C=C\C/C=C\C/C=C\C/C=C\C/C=C\C/C=C\CCCCCCCCCCCCCCCCCC(=O)NC(COC1OC(CO)C(OC2OC(CO)C(OC3OC(CO)C(O)C(O)C3O)C(O)C2O)C(O)C1O)C(O)/C=C/CC/C=C/CC/C=C/CCCCCCCCC. The van der Waals surface area contributed by atoms with Crippen molar-refractivity contribution in [2.45, 2.75) is 349 Å². The Kier molecular flexibility index (Phi) is 53.8. The van der Waals surface area contributed by atoms with Crippen LogP contribution in [0.5, 0.6) is 0 Å². The predicted molar refractivity (Wildman–Crippen MR) is 392 cm³/mol. The van der Waals surface area contributed by atoms with Crippen molar-refractivity contribution in [1.29, 1.82) is 0 Å². The van der Waals surface area contributed by atoms with Crippen molar-refractivity contribution in [1.82, 2.24) is 5.32 Å². The Morgan fingerprint density at radius 2 is 0.707 bits per heavy atom. The summed E-state index contributed by atoms with van der Waals surface area (Å²) in [5.41, 5.74) is 0. The Balaban J connectivity index is 1.35. The summed E-state index contributed by atoms with van der Waals surface area (Å²) in [7, 11) is 0. The van der Waals surface area contributed by atoms with Gasteiger partial charge in [0, 0.05) is 6.42 Å². The van der Waals surface area contributed by atoms with E-state index in [0.29, 0.717) is 12.8 Å². The molecule has 0 bridgehead atoms. The molecule has 0 aromatic heterocycles. The van der Waals surface area contributed by atoms with E-state index >= 15 is 0 Å². The summed E-state index contributed by atoms with van der Waals surface area (Å²) in [6, 6.07) is -1.00. The molecule has 0 saturated carbocycles. The number of unbranched alkanes of at least 4 members (excludes halogenated alkanes) is 24. The van der Waals surface area contributed by atoms with Gasteiger partial charge in [-0.1, -0.05) is 257 Å². The van der Waals surface area contributed by atoms with Crippen molar-refractivity contribution < 1.29 is 89.4 Å². The highest BCUT2D eigenvalue weighted by molar-refractivity contribution is 5.76. The quantitative estimate of drug-likeness (QED) is 0.0199. The van der Waals surface area contributed by atoms with Gasteiger partial charge in [-0.15, -0.1) is 0 Å². The van der Waals surface area contributed by atoms with Crippen LogP contribution >= 0.6 is 0 Å². The lowest BCUT2D eigenvalue weighted by atomic mass is 9.96. The zero-order chi connectivity index (χ0) is 71.8. The molecule has 3 aliphatic rings. The number of nitrogens with one attached hydrogen (secondary N) is 1. The van der Waals surface area contributed by atoms with E-state index in [1.165, 1.54) is 109 Å². The Bertz CT molecular complexity index is 2260. The summed E-state index contributed by atoms with van der Waals surface area (Å²) in [6.07, 6.45) is 56.1. The van der Waals surface area contributed by atoms with Crippen molar-refractivity contribution in [3.05, 3.63) is 122 Å². The molecule has 99 heavy (non-hydrogen) atoms. The molecule has 3 fully saturated rings. The first-order valence-electron chi connectivity index (χ1n) is 38.3. The fourth-order valence-electron chi connectivity index (χ4n) is 12.1. The van der Waals surface area contributed by atoms with Crippen molar-refractivity contribution in [3.8, 4) is 0 Å². The topological polar surface area (TPSA) is 307 Å². The largest absolute Gasteiger partial charge is 0.394 e. The average molecular weight is 1400 g/mol. The second-order valence-corrected chi connectivity index (χ2v) is 26.7.